The van der Waals surface area contributed by atoms with Gasteiger partial charge < -0.3 is 19.3 Å². The van der Waals surface area contributed by atoms with Gasteiger partial charge in [0.2, 0.25) is 11.7 Å². The molecule has 1 aromatic heterocycles. The van der Waals surface area contributed by atoms with Crippen molar-refractivity contribution in [1.29, 1.82) is 0 Å². The molecule has 1 N–H and O–H groups in total. The molecule has 0 spiro atoms. The van der Waals surface area contributed by atoms with E-state index in [9.17, 15) is 23.1 Å². The minimum atomic E-state index is -4.62. The number of hydrogen-bond donors (Lipinski definition) is 1. The summed E-state index contributed by atoms with van der Waals surface area (Å²) in [4.78, 5) is 16.8. The van der Waals surface area contributed by atoms with Gasteiger partial charge in [-0.1, -0.05) is 35.5 Å². The molecule has 1 aliphatic heterocycles. The van der Waals surface area contributed by atoms with E-state index in [-0.39, 0.29) is 42.1 Å². The molecule has 0 saturated carbocycles. The first-order valence-electron chi connectivity index (χ1n) is 11.0. The Morgan fingerprint density at radius 1 is 1.21 bits per heavy atom. The first kappa shape index (κ1) is 23.6. The summed E-state index contributed by atoms with van der Waals surface area (Å²) in [6.07, 6.45) is -3.07. The van der Waals surface area contributed by atoms with Crippen LogP contribution in [0.15, 0.2) is 53.1 Å². The Morgan fingerprint density at radius 2 is 2.00 bits per heavy atom. The van der Waals surface area contributed by atoms with Crippen LogP contribution in [0.4, 0.5) is 18.0 Å². The lowest BCUT2D eigenvalue weighted by atomic mass is 9.98. The van der Waals surface area contributed by atoms with Gasteiger partial charge in [-0.15, -0.1) is 0 Å². The van der Waals surface area contributed by atoms with E-state index in [1.165, 1.54) is 17.0 Å². The maximum atomic E-state index is 13.7. The molecule has 7 nitrogen and oxygen atoms in total. The molecule has 4 rings (SSSR count). The summed E-state index contributed by atoms with van der Waals surface area (Å²) in [5, 5.41) is 13.0. The molecule has 3 aromatic rings. The van der Waals surface area contributed by atoms with Gasteiger partial charge in [-0.2, -0.15) is 18.2 Å². The van der Waals surface area contributed by atoms with Gasteiger partial charge in [-0.25, -0.2) is 4.79 Å². The van der Waals surface area contributed by atoms with E-state index in [2.05, 4.69) is 10.1 Å². The third-order valence-electron chi connectivity index (χ3n) is 5.74. The maximum Gasteiger partial charge on any atom is 0.419 e. The van der Waals surface area contributed by atoms with Crippen molar-refractivity contribution < 1.29 is 32.3 Å². The number of rotatable bonds is 7. The van der Waals surface area contributed by atoms with Gasteiger partial charge in [0.05, 0.1) is 18.1 Å². The van der Waals surface area contributed by atoms with Gasteiger partial charge in [0.15, 0.2) is 0 Å². The summed E-state index contributed by atoms with van der Waals surface area (Å²) >= 11 is 0. The molecule has 0 aliphatic carbocycles. The molecule has 10 heteroatoms. The highest BCUT2D eigenvalue weighted by Crippen LogP contribution is 2.39. The van der Waals surface area contributed by atoms with E-state index in [0.29, 0.717) is 32.2 Å². The topological polar surface area (TPSA) is 88.7 Å². The lowest BCUT2D eigenvalue weighted by Gasteiger charge is -2.28. The van der Waals surface area contributed by atoms with Crippen molar-refractivity contribution in [3.63, 3.8) is 0 Å². The molecular weight excluding hydrogens is 451 g/mol. The van der Waals surface area contributed by atoms with E-state index in [1.54, 1.807) is 0 Å². The van der Waals surface area contributed by atoms with Gasteiger partial charge in [0.25, 0.3) is 0 Å². The van der Waals surface area contributed by atoms with Crippen molar-refractivity contribution in [2.45, 2.75) is 37.8 Å². The van der Waals surface area contributed by atoms with E-state index in [4.69, 9.17) is 9.26 Å². The van der Waals surface area contributed by atoms with Crippen LogP contribution in [0.25, 0.3) is 11.4 Å². The third-order valence-corrected chi connectivity index (χ3v) is 5.74. The highest BCUT2D eigenvalue weighted by Gasteiger charge is 2.35. The normalized spacial score (nSPS) is 16.4. The van der Waals surface area contributed by atoms with Gasteiger partial charge in [-0.05, 0) is 49.4 Å². The standard InChI is InChI=1S/C24H24F3N3O4/c25-24(26,27)19-14-17(10-11-20(19)33-13-5-8-16-6-2-1-3-7-16)21-28-22(34-29-21)18-9-4-12-30(15-18)23(31)32/h1-3,6-7,10-11,14,18H,4-5,8-9,12-13,15H2,(H,31,32). The number of piperidine rings is 1. The summed E-state index contributed by atoms with van der Waals surface area (Å²) < 4.78 is 51.9. The summed E-state index contributed by atoms with van der Waals surface area (Å²) in [7, 11) is 0. The van der Waals surface area contributed by atoms with Crippen LogP contribution in [0, 0.1) is 0 Å². The number of halogens is 3. The van der Waals surface area contributed by atoms with Crippen LogP contribution in [0.2, 0.25) is 0 Å². The minimum absolute atomic E-state index is 0.0172. The summed E-state index contributed by atoms with van der Waals surface area (Å²) in [5.41, 5.74) is 0.325. The van der Waals surface area contributed by atoms with E-state index >= 15 is 0 Å². The SMILES string of the molecule is O=C(O)N1CCCC(c2nc(-c3ccc(OCCCc4ccccc4)c(C(F)(F)F)c3)no2)C1. The lowest BCUT2D eigenvalue weighted by molar-refractivity contribution is -0.138. The van der Waals surface area contributed by atoms with Crippen molar-refractivity contribution in [3.8, 4) is 17.1 Å². The number of benzene rings is 2. The van der Waals surface area contributed by atoms with Crippen LogP contribution in [0.5, 0.6) is 5.75 Å². The number of aromatic nitrogens is 2. The first-order chi connectivity index (χ1) is 16.3. The van der Waals surface area contributed by atoms with Crippen LogP contribution in [-0.2, 0) is 12.6 Å². The zero-order valence-corrected chi connectivity index (χ0v) is 18.3. The predicted molar refractivity (Wildman–Crippen MR) is 117 cm³/mol. The van der Waals surface area contributed by atoms with Gasteiger partial charge in [0.1, 0.15) is 5.75 Å². The Morgan fingerprint density at radius 3 is 2.74 bits per heavy atom. The summed E-state index contributed by atoms with van der Waals surface area (Å²) in [6, 6.07) is 13.3. The van der Waals surface area contributed by atoms with Crippen LogP contribution in [-0.4, -0.2) is 45.9 Å². The van der Waals surface area contributed by atoms with Crippen LogP contribution >= 0.6 is 0 Å². The second-order valence-corrected chi connectivity index (χ2v) is 8.17. The first-order valence-corrected chi connectivity index (χ1v) is 11.0. The number of aryl methyl sites for hydroxylation is 1. The van der Waals surface area contributed by atoms with E-state index in [1.807, 2.05) is 30.3 Å². The smallest absolute Gasteiger partial charge is 0.419 e. The second-order valence-electron chi connectivity index (χ2n) is 8.17. The number of likely N-dealkylation sites (tertiary alicyclic amines) is 1. The lowest BCUT2D eigenvalue weighted by Crippen LogP contribution is -2.38. The second kappa shape index (κ2) is 10.1. The fraction of sp³-hybridized carbons (Fsp3) is 0.375. The molecular formula is C24H24F3N3O4. The summed E-state index contributed by atoms with van der Waals surface area (Å²) in [6.45, 7) is 0.778. The number of amides is 1. The zero-order valence-electron chi connectivity index (χ0n) is 18.3. The number of carboxylic acid groups (broad SMARTS) is 1. The summed E-state index contributed by atoms with van der Waals surface area (Å²) in [5.74, 6) is -0.308. The Kier molecular flexibility index (Phi) is 7.04. The van der Waals surface area contributed by atoms with E-state index in [0.717, 1.165) is 11.6 Å². The van der Waals surface area contributed by atoms with Crippen molar-refractivity contribution in [1.82, 2.24) is 15.0 Å². The molecule has 2 aromatic carbocycles. The van der Waals surface area contributed by atoms with Crippen molar-refractivity contribution >= 4 is 6.09 Å². The Bertz CT molecular complexity index is 1120. The molecule has 1 amide bonds. The molecule has 0 radical (unpaired) electrons. The van der Waals surface area contributed by atoms with Gasteiger partial charge in [-0.3, -0.25) is 0 Å². The number of ether oxygens (including phenoxy) is 1. The molecule has 1 atom stereocenters. The van der Waals surface area contributed by atoms with Crippen molar-refractivity contribution in [2.24, 2.45) is 0 Å². The number of carbonyl (C=O) groups is 1. The molecule has 180 valence electrons. The third kappa shape index (κ3) is 5.67. The number of alkyl halides is 3. The van der Waals surface area contributed by atoms with Crippen LogP contribution in [0.3, 0.4) is 0 Å². The Labute approximate surface area is 194 Å². The van der Waals surface area contributed by atoms with Crippen LogP contribution in [0.1, 0.15) is 42.2 Å². The highest BCUT2D eigenvalue weighted by atomic mass is 19.4. The molecule has 1 aliphatic rings. The highest BCUT2D eigenvalue weighted by molar-refractivity contribution is 5.65. The van der Waals surface area contributed by atoms with Crippen molar-refractivity contribution in [3.05, 3.63) is 65.5 Å². The maximum absolute atomic E-state index is 13.7. The molecule has 2 heterocycles. The zero-order chi connectivity index (χ0) is 24.1. The minimum Gasteiger partial charge on any atom is -0.493 e. The quantitative estimate of drug-likeness (QED) is 0.446. The molecule has 34 heavy (non-hydrogen) atoms. The average molecular weight is 475 g/mol. The average Bonchev–Trinajstić information content (AvgIpc) is 3.32. The van der Waals surface area contributed by atoms with Crippen molar-refractivity contribution in [2.75, 3.05) is 19.7 Å². The van der Waals surface area contributed by atoms with Crippen LogP contribution < -0.4 is 4.74 Å². The molecule has 1 saturated heterocycles. The predicted octanol–water partition coefficient (Wildman–Crippen LogP) is 5.62. The fourth-order valence-electron chi connectivity index (χ4n) is 3.99. The van der Waals surface area contributed by atoms with Gasteiger partial charge >= 0.3 is 12.3 Å². The van der Waals surface area contributed by atoms with Gasteiger partial charge in [0, 0.05) is 18.7 Å². The largest absolute Gasteiger partial charge is 0.493 e. The molecule has 1 fully saturated rings. The number of hydrogen-bond acceptors (Lipinski definition) is 5. The van der Waals surface area contributed by atoms with E-state index < -0.39 is 17.8 Å². The molecule has 0 bridgehead atoms. The number of nitrogens with zero attached hydrogens (tertiary/aromatic N) is 3. The fourth-order valence-corrected chi connectivity index (χ4v) is 3.99. The Hall–Kier alpha value is -3.56. The Balaban J connectivity index is 1.46. The monoisotopic (exact) mass is 475 g/mol. The molecule has 1 unspecified atom stereocenters.